The third-order valence-electron chi connectivity index (χ3n) is 2.17. The van der Waals surface area contributed by atoms with E-state index in [1.165, 1.54) is 38.5 Å². The molecule has 0 saturated heterocycles. The minimum Gasteiger partial charge on any atom is -0.0776 e. The molecule has 0 aromatic heterocycles. The van der Waals surface area contributed by atoms with E-state index in [2.05, 4.69) is 0 Å². The van der Waals surface area contributed by atoms with Crippen molar-refractivity contribution in [3.63, 3.8) is 0 Å². The number of rotatable bonds is 0. The maximum absolute atomic E-state index is 2.00. The number of hydrogen-bond donors (Lipinski definition) is 0. The van der Waals surface area contributed by atoms with Crippen molar-refractivity contribution in [2.45, 2.75) is 95.9 Å². The third kappa shape index (κ3) is 36.0. The van der Waals surface area contributed by atoms with Crippen molar-refractivity contribution >= 4 is 0 Å². The van der Waals surface area contributed by atoms with Gasteiger partial charge in [0, 0.05) is 0 Å². The molecule has 0 spiro atoms. The molecule has 0 amide bonds. The molecule has 20 heavy (non-hydrogen) atoms. The lowest BCUT2D eigenvalue weighted by Crippen LogP contribution is -1.85. The van der Waals surface area contributed by atoms with Gasteiger partial charge in [0.2, 0.25) is 0 Å². The van der Waals surface area contributed by atoms with E-state index in [0.717, 1.165) is 0 Å². The zero-order valence-electron chi connectivity index (χ0n) is 11.7. The van der Waals surface area contributed by atoms with Crippen LogP contribution in [-0.4, -0.2) is 0 Å². The molecule has 0 heteroatoms. The first-order valence-corrected chi connectivity index (χ1v) is 7.00. The molecule has 0 nitrogen and oxygen atoms in total. The lowest BCUT2D eigenvalue weighted by Gasteiger charge is -2.05. The van der Waals surface area contributed by atoms with Crippen LogP contribution in [0, 0.1) is 0 Å². The zero-order chi connectivity index (χ0) is 12.5. The Morgan fingerprint density at radius 2 is 0.450 bits per heavy atom. The van der Waals surface area contributed by atoms with Gasteiger partial charge < -0.3 is 0 Å². The van der Waals surface area contributed by atoms with Crippen LogP contribution in [-0.2, 0) is 0 Å². The molecule has 0 heterocycles. The second kappa shape index (κ2) is 42.9. The highest BCUT2D eigenvalue weighted by Gasteiger charge is 1.95. The summed E-state index contributed by atoms with van der Waals surface area (Å²) >= 11 is 0. The molecule has 1 aliphatic carbocycles. The van der Waals surface area contributed by atoms with E-state index in [0.29, 0.717) is 0 Å². The summed E-state index contributed by atoms with van der Waals surface area (Å²) in [5.74, 6) is 0. The molecule has 0 atom stereocenters. The molecule has 0 unspecified atom stereocenters. The molecule has 2 rings (SSSR count). The maximum atomic E-state index is 2.00. The van der Waals surface area contributed by atoms with Gasteiger partial charge in [-0.05, 0) is 0 Å². The van der Waals surface area contributed by atoms with E-state index in [1.54, 1.807) is 0 Å². The summed E-state index contributed by atoms with van der Waals surface area (Å²) in [7, 11) is 0. The normalized spacial score (nSPS) is 10.2. The van der Waals surface area contributed by atoms with E-state index < -0.39 is 0 Å². The Kier molecular flexibility index (Phi) is 78.3. The van der Waals surface area contributed by atoms with Crippen molar-refractivity contribution in [1.29, 1.82) is 0 Å². The molecular formula is C20H46. The van der Waals surface area contributed by atoms with Gasteiger partial charge in [-0.2, -0.15) is 0 Å². The summed E-state index contributed by atoms with van der Waals surface area (Å²) in [5, 5.41) is 0. The predicted molar refractivity (Wildman–Crippen MR) is 104 cm³/mol. The molecule has 1 fully saturated rings. The minimum atomic E-state index is 0. The van der Waals surface area contributed by atoms with Gasteiger partial charge in [0.15, 0.2) is 0 Å². The molecule has 1 aromatic rings. The summed E-state index contributed by atoms with van der Waals surface area (Å²) < 4.78 is 0. The summed E-state index contributed by atoms with van der Waals surface area (Å²) in [6.07, 6.45) is 9.00. The van der Waals surface area contributed by atoms with Crippen molar-refractivity contribution in [3.8, 4) is 0 Å². The lowest BCUT2D eigenvalue weighted by molar-refractivity contribution is 0.504. The van der Waals surface area contributed by atoms with Crippen molar-refractivity contribution in [2.24, 2.45) is 0 Å². The molecule has 1 aromatic carbocycles. The first-order chi connectivity index (χ1) is 8.00. The first-order valence-electron chi connectivity index (χ1n) is 7.00. The summed E-state index contributed by atoms with van der Waals surface area (Å²) in [4.78, 5) is 0. The zero-order valence-corrected chi connectivity index (χ0v) is 11.7. The molecule has 0 bridgehead atoms. The van der Waals surface area contributed by atoms with Gasteiger partial charge in [-0.3, -0.25) is 0 Å². The monoisotopic (exact) mass is 286 g/mol. The van der Waals surface area contributed by atoms with Crippen LogP contribution < -0.4 is 0 Å². The maximum Gasteiger partial charge on any atom is -0.0533 e. The lowest BCUT2D eigenvalue weighted by atomic mass is 10.0. The molecule has 1 saturated carbocycles. The van der Waals surface area contributed by atoms with Crippen molar-refractivity contribution in [3.05, 3.63) is 36.4 Å². The second-order valence-electron chi connectivity index (χ2n) is 3.28. The number of benzene rings is 1. The average Bonchev–Trinajstić information content (AvgIpc) is 2.48. The first kappa shape index (κ1) is 36.5. The van der Waals surface area contributed by atoms with Gasteiger partial charge >= 0.3 is 0 Å². The van der Waals surface area contributed by atoms with E-state index in [4.69, 9.17) is 0 Å². The molecule has 126 valence electrons. The topological polar surface area (TPSA) is 0 Å². The fraction of sp³-hybridized carbons (Fsp3) is 0.700. The molecular weight excluding hydrogens is 240 g/mol. The highest BCUT2D eigenvalue weighted by Crippen LogP contribution is 2.15. The van der Waals surface area contributed by atoms with Crippen LogP contribution in [0.4, 0.5) is 0 Å². The highest BCUT2D eigenvalue weighted by atomic mass is 14.0. The fourth-order valence-corrected chi connectivity index (χ4v) is 1.45. The Morgan fingerprint density at radius 3 is 0.550 bits per heavy atom. The predicted octanol–water partition coefficient (Wildman–Crippen LogP) is 8.62. The highest BCUT2D eigenvalue weighted by molar-refractivity contribution is 4.99. The quantitative estimate of drug-likeness (QED) is 0.447. The van der Waals surface area contributed by atoms with E-state index in [1.807, 2.05) is 64.1 Å². The van der Waals surface area contributed by atoms with Crippen LogP contribution in [0.2, 0.25) is 0 Å². The van der Waals surface area contributed by atoms with Gasteiger partial charge in [0.1, 0.15) is 0 Å². The van der Waals surface area contributed by atoms with E-state index >= 15 is 0 Å². The summed E-state index contributed by atoms with van der Waals surface area (Å²) in [6.45, 7) is 8.00. The van der Waals surface area contributed by atoms with Gasteiger partial charge in [0.05, 0.1) is 0 Å². The van der Waals surface area contributed by atoms with Crippen LogP contribution in [0.15, 0.2) is 36.4 Å². The molecule has 0 aliphatic heterocycles. The van der Waals surface area contributed by atoms with E-state index in [9.17, 15) is 0 Å². The standard InChI is InChI=1S/C6H12.C6H6.2C2H6.4CH4/c2*1-2-4-6-5-3-1;2*1-2;;;;/h1-6H2;1-6H;2*1-2H3;4*1H4. The van der Waals surface area contributed by atoms with Gasteiger partial charge in [-0.15, -0.1) is 0 Å². The van der Waals surface area contributed by atoms with Gasteiger partial charge in [0.25, 0.3) is 0 Å². The van der Waals surface area contributed by atoms with Crippen LogP contribution in [0.5, 0.6) is 0 Å². The molecule has 0 N–H and O–H groups in total. The van der Waals surface area contributed by atoms with E-state index in [-0.39, 0.29) is 29.7 Å². The van der Waals surface area contributed by atoms with Gasteiger partial charge in [-0.1, -0.05) is 132 Å². The number of hydrogen-bond acceptors (Lipinski definition) is 0. The summed E-state index contributed by atoms with van der Waals surface area (Å²) in [5.41, 5.74) is 0. The molecule has 1 aliphatic rings. The Morgan fingerprint density at radius 1 is 0.350 bits per heavy atom. The van der Waals surface area contributed by atoms with Crippen molar-refractivity contribution < 1.29 is 0 Å². The minimum absolute atomic E-state index is 0. The fourth-order valence-electron chi connectivity index (χ4n) is 1.45. The SMILES string of the molecule is C.C.C.C.C1CCCCC1.CC.CC.c1ccccc1. The van der Waals surface area contributed by atoms with Crippen LogP contribution in [0.3, 0.4) is 0 Å². The average molecular weight is 287 g/mol. The van der Waals surface area contributed by atoms with Crippen molar-refractivity contribution in [1.82, 2.24) is 0 Å². The Hall–Kier alpha value is -0.780. The van der Waals surface area contributed by atoms with Crippen LogP contribution in [0.1, 0.15) is 95.9 Å². The van der Waals surface area contributed by atoms with Crippen LogP contribution >= 0.6 is 0 Å². The molecule has 0 radical (unpaired) electrons. The Balaban J connectivity index is -0.0000000339. The Labute approximate surface area is 133 Å². The van der Waals surface area contributed by atoms with Crippen molar-refractivity contribution in [2.75, 3.05) is 0 Å². The third-order valence-corrected chi connectivity index (χ3v) is 2.17. The second-order valence-corrected chi connectivity index (χ2v) is 3.28. The largest absolute Gasteiger partial charge is 0.0776 e. The van der Waals surface area contributed by atoms with Gasteiger partial charge in [-0.25, -0.2) is 0 Å². The van der Waals surface area contributed by atoms with Crippen LogP contribution in [0.25, 0.3) is 0 Å². The smallest absolute Gasteiger partial charge is 0.0533 e. The Bertz CT molecular complexity index is 124. The summed E-state index contributed by atoms with van der Waals surface area (Å²) in [6, 6.07) is 12.0.